The summed E-state index contributed by atoms with van der Waals surface area (Å²) in [5.41, 5.74) is 1.03. The van der Waals surface area contributed by atoms with E-state index in [-0.39, 0.29) is 17.4 Å². The third kappa shape index (κ3) is 3.62. The highest BCUT2D eigenvalue weighted by molar-refractivity contribution is 6.08. The van der Waals surface area contributed by atoms with Crippen molar-refractivity contribution in [1.29, 1.82) is 0 Å². The third-order valence-electron chi connectivity index (χ3n) is 5.20. The van der Waals surface area contributed by atoms with Crippen LogP contribution in [0.3, 0.4) is 0 Å². The van der Waals surface area contributed by atoms with Crippen molar-refractivity contribution in [2.45, 2.75) is 39.2 Å². The van der Waals surface area contributed by atoms with Crippen LogP contribution in [0.2, 0.25) is 0 Å². The van der Waals surface area contributed by atoms with Gasteiger partial charge in [-0.1, -0.05) is 6.92 Å². The Bertz CT molecular complexity index is 1140. The second-order valence-corrected chi connectivity index (χ2v) is 7.33. The Balaban J connectivity index is 1.74. The topological polar surface area (TPSA) is 59.8 Å². The van der Waals surface area contributed by atoms with Crippen molar-refractivity contribution < 1.29 is 18.3 Å². The third-order valence-corrected chi connectivity index (χ3v) is 5.20. The molecule has 0 fully saturated rings. The van der Waals surface area contributed by atoms with E-state index in [0.29, 0.717) is 41.9 Å². The Hall–Kier alpha value is -3.15. The van der Waals surface area contributed by atoms with Gasteiger partial charge in [0.15, 0.2) is 0 Å². The van der Waals surface area contributed by atoms with E-state index in [1.165, 1.54) is 12.1 Å². The molecule has 0 radical (unpaired) electrons. The molecule has 1 unspecified atom stereocenters. The number of fused-ring (bicyclic) bond motifs is 2. The molecule has 1 amide bonds. The van der Waals surface area contributed by atoms with E-state index in [2.05, 4.69) is 0 Å². The van der Waals surface area contributed by atoms with Crippen LogP contribution in [0.5, 0.6) is 5.75 Å². The fourth-order valence-electron chi connectivity index (χ4n) is 3.71. The molecule has 1 aliphatic heterocycles. The summed E-state index contributed by atoms with van der Waals surface area (Å²) in [6.07, 6.45) is 2.25. The van der Waals surface area contributed by atoms with E-state index in [1.807, 2.05) is 13.8 Å². The number of amides is 1. The maximum Gasteiger partial charge on any atom is 0.349 e. The van der Waals surface area contributed by atoms with Gasteiger partial charge < -0.3 is 14.1 Å². The van der Waals surface area contributed by atoms with E-state index in [0.717, 1.165) is 12.0 Å². The zero-order valence-electron chi connectivity index (χ0n) is 16.4. The molecule has 4 rings (SSSR count). The number of carbonyl (C=O) groups excluding carboxylic acids is 1. The van der Waals surface area contributed by atoms with E-state index < -0.39 is 11.5 Å². The van der Waals surface area contributed by atoms with Crippen molar-refractivity contribution >= 4 is 22.6 Å². The van der Waals surface area contributed by atoms with Crippen LogP contribution in [-0.2, 0) is 6.42 Å². The lowest BCUT2D eigenvalue weighted by Crippen LogP contribution is -2.43. The van der Waals surface area contributed by atoms with Crippen LogP contribution in [0.15, 0.2) is 51.7 Å². The zero-order valence-corrected chi connectivity index (χ0v) is 16.4. The van der Waals surface area contributed by atoms with E-state index >= 15 is 0 Å². The van der Waals surface area contributed by atoms with Gasteiger partial charge in [0, 0.05) is 23.2 Å². The van der Waals surface area contributed by atoms with E-state index in [1.54, 1.807) is 35.2 Å². The minimum atomic E-state index is -0.698. The molecule has 0 aliphatic carbocycles. The number of hydrogen-bond donors (Lipinski definition) is 0. The van der Waals surface area contributed by atoms with Crippen molar-refractivity contribution in [3.8, 4) is 5.75 Å². The fraction of sp³-hybridized carbons (Fsp3) is 0.304. The molecule has 2 heterocycles. The maximum atomic E-state index is 13.6. The number of ether oxygens (including phenoxy) is 1. The van der Waals surface area contributed by atoms with Gasteiger partial charge in [-0.3, -0.25) is 4.79 Å². The first-order chi connectivity index (χ1) is 14.0. The van der Waals surface area contributed by atoms with E-state index in [4.69, 9.17) is 9.15 Å². The quantitative estimate of drug-likeness (QED) is 0.601. The molecule has 6 heteroatoms. The minimum absolute atomic E-state index is 0.0382. The number of nitrogens with zero attached hydrogens (tertiary/aromatic N) is 1. The number of halogens is 1. The van der Waals surface area contributed by atoms with Crippen LogP contribution in [0, 0.1) is 5.82 Å². The standard InChI is InChI=1S/C23H22FNO4/c1-3-10-28-18-8-6-16-12-19(23(27)29-21(16)13-18)22(26)25-14(2)4-5-15-11-17(24)7-9-20(15)25/h6-9,11-14H,3-5,10H2,1-2H3. The Morgan fingerprint density at radius 2 is 2.07 bits per heavy atom. The van der Waals surface area contributed by atoms with Crippen molar-refractivity contribution in [2.24, 2.45) is 0 Å². The summed E-state index contributed by atoms with van der Waals surface area (Å²) < 4.78 is 24.6. The predicted octanol–water partition coefficient (Wildman–Crippen LogP) is 4.70. The Labute approximate surface area is 167 Å². The lowest BCUT2D eigenvalue weighted by molar-refractivity contribution is 0.0971. The van der Waals surface area contributed by atoms with Gasteiger partial charge in [0.2, 0.25) is 0 Å². The summed E-state index contributed by atoms with van der Waals surface area (Å²) in [5, 5.41) is 0.640. The highest BCUT2D eigenvalue weighted by Crippen LogP contribution is 2.32. The second-order valence-electron chi connectivity index (χ2n) is 7.33. The smallest absolute Gasteiger partial charge is 0.349 e. The Morgan fingerprint density at radius 1 is 1.24 bits per heavy atom. The monoisotopic (exact) mass is 395 g/mol. The van der Waals surface area contributed by atoms with Crippen LogP contribution in [0.1, 0.15) is 42.6 Å². The second kappa shape index (κ2) is 7.70. The van der Waals surface area contributed by atoms with Gasteiger partial charge in [0.1, 0.15) is 22.7 Å². The number of aryl methyl sites for hydroxylation is 1. The molecule has 0 bridgehead atoms. The highest BCUT2D eigenvalue weighted by Gasteiger charge is 2.31. The van der Waals surface area contributed by atoms with Crippen LogP contribution in [-0.4, -0.2) is 18.6 Å². The summed E-state index contributed by atoms with van der Waals surface area (Å²) in [4.78, 5) is 27.4. The lowest BCUT2D eigenvalue weighted by Gasteiger charge is -2.35. The number of benzene rings is 2. The van der Waals surface area contributed by atoms with Crippen molar-refractivity contribution in [1.82, 2.24) is 0 Å². The molecule has 3 aromatic rings. The van der Waals surface area contributed by atoms with Crippen LogP contribution in [0.4, 0.5) is 10.1 Å². The molecule has 1 aliphatic rings. The molecular formula is C23H22FNO4. The predicted molar refractivity (Wildman–Crippen MR) is 109 cm³/mol. The van der Waals surface area contributed by atoms with Crippen molar-refractivity contribution in [2.75, 3.05) is 11.5 Å². The molecule has 2 aromatic carbocycles. The molecule has 1 atom stereocenters. The zero-order chi connectivity index (χ0) is 20.5. The molecule has 0 spiro atoms. The lowest BCUT2D eigenvalue weighted by atomic mass is 9.95. The molecule has 1 aromatic heterocycles. The summed E-state index contributed by atoms with van der Waals surface area (Å²) in [7, 11) is 0. The van der Waals surface area contributed by atoms with Gasteiger partial charge in [-0.15, -0.1) is 0 Å². The molecule has 0 saturated carbocycles. The molecular weight excluding hydrogens is 373 g/mol. The number of rotatable bonds is 4. The molecule has 0 saturated heterocycles. The molecule has 0 N–H and O–H groups in total. The maximum absolute atomic E-state index is 13.6. The Kier molecular flexibility index (Phi) is 5.09. The van der Waals surface area contributed by atoms with E-state index in [9.17, 15) is 14.0 Å². The minimum Gasteiger partial charge on any atom is -0.493 e. The largest absolute Gasteiger partial charge is 0.493 e. The summed E-state index contributed by atoms with van der Waals surface area (Å²) in [6, 6.07) is 11.0. The average Bonchev–Trinajstić information content (AvgIpc) is 2.71. The van der Waals surface area contributed by atoms with Gasteiger partial charge in [-0.25, -0.2) is 9.18 Å². The fourth-order valence-corrected chi connectivity index (χ4v) is 3.71. The Morgan fingerprint density at radius 3 is 2.86 bits per heavy atom. The van der Waals surface area contributed by atoms with Gasteiger partial charge in [-0.2, -0.15) is 0 Å². The normalized spacial score (nSPS) is 16.0. The molecule has 29 heavy (non-hydrogen) atoms. The van der Waals surface area contributed by atoms with Crippen LogP contribution >= 0.6 is 0 Å². The van der Waals surface area contributed by atoms with Crippen LogP contribution in [0.25, 0.3) is 11.0 Å². The van der Waals surface area contributed by atoms with Gasteiger partial charge in [0.05, 0.1) is 6.61 Å². The summed E-state index contributed by atoms with van der Waals surface area (Å²) >= 11 is 0. The van der Waals surface area contributed by atoms with Gasteiger partial charge in [0.25, 0.3) is 5.91 Å². The number of anilines is 1. The van der Waals surface area contributed by atoms with Gasteiger partial charge in [-0.05, 0) is 68.1 Å². The number of carbonyl (C=O) groups is 1. The SMILES string of the molecule is CCCOc1ccc2cc(C(=O)N3c4ccc(F)cc4CCC3C)c(=O)oc2c1. The first kappa shape index (κ1) is 19.2. The summed E-state index contributed by atoms with van der Waals surface area (Å²) in [6.45, 7) is 4.50. The molecule has 150 valence electrons. The van der Waals surface area contributed by atoms with Crippen LogP contribution < -0.4 is 15.3 Å². The molecule has 5 nitrogen and oxygen atoms in total. The average molecular weight is 395 g/mol. The van der Waals surface area contributed by atoms with Crippen molar-refractivity contribution in [3.63, 3.8) is 0 Å². The van der Waals surface area contributed by atoms with Crippen molar-refractivity contribution in [3.05, 3.63) is 69.8 Å². The van der Waals surface area contributed by atoms with Gasteiger partial charge >= 0.3 is 5.63 Å². The number of hydrogen-bond acceptors (Lipinski definition) is 4. The first-order valence-corrected chi connectivity index (χ1v) is 9.80. The first-order valence-electron chi connectivity index (χ1n) is 9.80. The summed E-state index contributed by atoms with van der Waals surface area (Å²) in [5.74, 6) is -0.161. The highest BCUT2D eigenvalue weighted by atomic mass is 19.1.